The monoisotopic (exact) mass is 396 g/mol. The summed E-state index contributed by atoms with van der Waals surface area (Å²) in [6.45, 7) is -0.119. The van der Waals surface area contributed by atoms with Crippen molar-refractivity contribution in [3.8, 4) is 5.75 Å². The third kappa shape index (κ3) is 7.16. The van der Waals surface area contributed by atoms with Crippen LogP contribution in [0.3, 0.4) is 0 Å². The second-order valence-corrected chi connectivity index (χ2v) is 5.88. The second kappa shape index (κ2) is 10.4. The number of rotatable bonds is 9. The van der Waals surface area contributed by atoms with Crippen molar-refractivity contribution in [2.45, 2.75) is 12.5 Å². The van der Waals surface area contributed by atoms with Gasteiger partial charge in [-0.2, -0.15) is 5.10 Å². The van der Waals surface area contributed by atoms with Gasteiger partial charge >= 0.3 is 0 Å². The number of aromatic nitrogens is 2. The maximum Gasteiger partial charge on any atom is 0.271 e. The molecule has 2 aromatic rings. The van der Waals surface area contributed by atoms with Gasteiger partial charge in [0.1, 0.15) is 11.6 Å². The molecule has 3 N–H and O–H groups in total. The van der Waals surface area contributed by atoms with Crippen LogP contribution in [0.4, 0.5) is 4.39 Å². The molecule has 0 spiro atoms. The van der Waals surface area contributed by atoms with E-state index in [2.05, 4.69) is 20.8 Å². The van der Waals surface area contributed by atoms with Gasteiger partial charge < -0.3 is 20.5 Å². The molecular formula is C17H18ClFN4O4. The molecule has 0 bridgehead atoms. The van der Waals surface area contributed by atoms with Gasteiger partial charge in [0.15, 0.2) is 12.3 Å². The molecule has 2 rings (SSSR count). The minimum Gasteiger partial charge on any atom is -0.484 e. The highest BCUT2D eigenvalue weighted by atomic mass is 35.5. The smallest absolute Gasteiger partial charge is 0.271 e. The third-order valence-electron chi connectivity index (χ3n) is 3.36. The highest BCUT2D eigenvalue weighted by molar-refractivity contribution is 6.30. The summed E-state index contributed by atoms with van der Waals surface area (Å²) in [7, 11) is 0. The average molecular weight is 397 g/mol. The number of aliphatic hydroxyl groups excluding tert-OH is 1. The Morgan fingerprint density at radius 2 is 2.11 bits per heavy atom. The Morgan fingerprint density at radius 3 is 2.81 bits per heavy atom. The van der Waals surface area contributed by atoms with Crippen molar-refractivity contribution < 1.29 is 23.8 Å². The van der Waals surface area contributed by atoms with Crippen LogP contribution in [0.15, 0.2) is 36.5 Å². The highest BCUT2D eigenvalue weighted by Crippen LogP contribution is 2.20. The summed E-state index contributed by atoms with van der Waals surface area (Å²) in [5.74, 6) is -1.34. The van der Waals surface area contributed by atoms with Crippen LogP contribution in [0.25, 0.3) is 0 Å². The van der Waals surface area contributed by atoms with Crippen molar-refractivity contribution in [1.29, 1.82) is 0 Å². The number of nitrogens with zero attached hydrogens (tertiary/aromatic N) is 2. The molecule has 0 saturated carbocycles. The topological polar surface area (TPSA) is 113 Å². The first-order chi connectivity index (χ1) is 13.0. The summed E-state index contributed by atoms with van der Waals surface area (Å²) >= 11 is 5.56. The second-order valence-electron chi connectivity index (χ2n) is 5.48. The summed E-state index contributed by atoms with van der Waals surface area (Å²) in [5, 5.41) is 22.1. The standard InChI is InChI=1S/C17H18ClFN4O4/c18-13-4-3-12(8-14(13)19)27-10-16(25)20-7-5-11(24)9-21-17(26)15-2-1-6-22-23-15/h1-4,6,8,11,24H,5,7,9-10H2,(H,20,25)(H,21,26). The van der Waals surface area contributed by atoms with Crippen LogP contribution in [0.1, 0.15) is 16.9 Å². The first kappa shape index (κ1) is 20.5. The molecule has 1 aromatic carbocycles. The Hall–Kier alpha value is -2.78. The third-order valence-corrected chi connectivity index (χ3v) is 3.67. The summed E-state index contributed by atoms with van der Waals surface area (Å²) in [5.41, 5.74) is 0.147. The van der Waals surface area contributed by atoms with Gasteiger partial charge in [-0.15, -0.1) is 5.10 Å². The summed E-state index contributed by atoms with van der Waals surface area (Å²) in [6, 6.07) is 6.94. The molecular weight excluding hydrogens is 379 g/mol. The first-order valence-corrected chi connectivity index (χ1v) is 8.42. The fourth-order valence-corrected chi connectivity index (χ4v) is 2.09. The largest absolute Gasteiger partial charge is 0.484 e. The van der Waals surface area contributed by atoms with Crippen molar-refractivity contribution in [1.82, 2.24) is 20.8 Å². The number of halogens is 2. The van der Waals surface area contributed by atoms with Crippen LogP contribution in [0.2, 0.25) is 5.02 Å². The zero-order valence-electron chi connectivity index (χ0n) is 14.2. The van der Waals surface area contributed by atoms with Crippen molar-refractivity contribution in [2.75, 3.05) is 19.7 Å². The van der Waals surface area contributed by atoms with E-state index in [1.165, 1.54) is 24.4 Å². The Labute approximate surface area is 159 Å². The molecule has 0 aliphatic rings. The number of hydrogen-bond acceptors (Lipinski definition) is 6. The lowest BCUT2D eigenvalue weighted by Gasteiger charge is -2.12. The zero-order chi connectivity index (χ0) is 19.6. The van der Waals surface area contributed by atoms with E-state index in [0.29, 0.717) is 0 Å². The number of ether oxygens (including phenoxy) is 1. The fraction of sp³-hybridized carbons (Fsp3) is 0.294. The van der Waals surface area contributed by atoms with Gasteiger partial charge in [-0.25, -0.2) is 4.39 Å². The highest BCUT2D eigenvalue weighted by Gasteiger charge is 2.11. The minimum absolute atomic E-state index is 0.00578. The Balaban J connectivity index is 1.61. The number of aliphatic hydroxyl groups is 1. The van der Waals surface area contributed by atoms with Crippen LogP contribution in [-0.4, -0.2) is 52.9 Å². The van der Waals surface area contributed by atoms with Gasteiger partial charge in [-0.05, 0) is 30.7 Å². The maximum atomic E-state index is 13.3. The summed E-state index contributed by atoms with van der Waals surface area (Å²) in [6.07, 6.45) is 0.820. The van der Waals surface area contributed by atoms with Gasteiger partial charge in [0.25, 0.3) is 11.8 Å². The SMILES string of the molecule is O=C(COc1ccc(Cl)c(F)c1)NCCC(O)CNC(=O)c1cccnn1. The lowest BCUT2D eigenvalue weighted by molar-refractivity contribution is -0.123. The number of carbonyl (C=O) groups is 2. The number of benzene rings is 1. The van der Waals surface area contributed by atoms with Gasteiger partial charge in [-0.3, -0.25) is 9.59 Å². The lowest BCUT2D eigenvalue weighted by atomic mass is 10.2. The molecule has 0 aliphatic heterocycles. The Bertz CT molecular complexity index is 779. The van der Waals surface area contributed by atoms with E-state index in [-0.39, 0.29) is 42.6 Å². The van der Waals surface area contributed by atoms with Crippen LogP contribution >= 0.6 is 11.6 Å². The normalized spacial score (nSPS) is 11.5. The number of carbonyl (C=O) groups excluding carboxylic acids is 2. The Kier molecular flexibility index (Phi) is 7.90. The summed E-state index contributed by atoms with van der Waals surface area (Å²) in [4.78, 5) is 23.4. The van der Waals surface area contributed by atoms with E-state index in [1.807, 2.05) is 0 Å². The minimum atomic E-state index is -0.850. The van der Waals surface area contributed by atoms with Crippen molar-refractivity contribution in [3.63, 3.8) is 0 Å². The van der Waals surface area contributed by atoms with Crippen LogP contribution < -0.4 is 15.4 Å². The molecule has 27 heavy (non-hydrogen) atoms. The first-order valence-electron chi connectivity index (χ1n) is 8.04. The number of hydrogen-bond donors (Lipinski definition) is 3. The number of nitrogens with one attached hydrogen (secondary N) is 2. The lowest BCUT2D eigenvalue weighted by Crippen LogP contribution is -2.36. The van der Waals surface area contributed by atoms with Crippen LogP contribution in [0, 0.1) is 5.82 Å². The quantitative estimate of drug-likeness (QED) is 0.581. The average Bonchev–Trinajstić information content (AvgIpc) is 2.67. The van der Waals surface area contributed by atoms with Gasteiger partial charge in [0, 0.05) is 25.4 Å². The Morgan fingerprint density at radius 1 is 1.30 bits per heavy atom. The fourth-order valence-electron chi connectivity index (χ4n) is 1.97. The van der Waals surface area contributed by atoms with E-state index in [4.69, 9.17) is 16.3 Å². The predicted octanol–water partition coefficient (Wildman–Crippen LogP) is 0.945. The van der Waals surface area contributed by atoms with E-state index in [9.17, 15) is 19.1 Å². The molecule has 0 saturated heterocycles. The van der Waals surface area contributed by atoms with Gasteiger partial charge in [0.05, 0.1) is 11.1 Å². The number of amides is 2. The van der Waals surface area contributed by atoms with Gasteiger partial charge in [-0.1, -0.05) is 11.6 Å². The summed E-state index contributed by atoms with van der Waals surface area (Å²) < 4.78 is 18.4. The molecule has 2 amide bonds. The van der Waals surface area contributed by atoms with E-state index >= 15 is 0 Å². The molecule has 8 nitrogen and oxygen atoms in total. The zero-order valence-corrected chi connectivity index (χ0v) is 14.9. The van der Waals surface area contributed by atoms with Crippen molar-refractivity contribution in [2.24, 2.45) is 0 Å². The molecule has 1 heterocycles. The molecule has 1 unspecified atom stereocenters. The molecule has 0 aliphatic carbocycles. The predicted molar refractivity (Wildman–Crippen MR) is 94.9 cm³/mol. The molecule has 0 fully saturated rings. The van der Waals surface area contributed by atoms with E-state index in [0.717, 1.165) is 6.07 Å². The van der Waals surface area contributed by atoms with E-state index < -0.39 is 23.7 Å². The molecule has 144 valence electrons. The van der Waals surface area contributed by atoms with Crippen molar-refractivity contribution in [3.05, 3.63) is 53.1 Å². The molecule has 0 radical (unpaired) electrons. The van der Waals surface area contributed by atoms with Crippen LogP contribution in [-0.2, 0) is 4.79 Å². The molecule has 1 aromatic heterocycles. The molecule has 10 heteroatoms. The van der Waals surface area contributed by atoms with Gasteiger partial charge in [0.2, 0.25) is 0 Å². The van der Waals surface area contributed by atoms with Crippen LogP contribution in [0.5, 0.6) is 5.75 Å². The maximum absolute atomic E-state index is 13.3. The van der Waals surface area contributed by atoms with E-state index in [1.54, 1.807) is 6.07 Å². The van der Waals surface area contributed by atoms with Crippen molar-refractivity contribution >= 4 is 23.4 Å². The molecule has 1 atom stereocenters.